The molecule has 0 bridgehead atoms. The van der Waals surface area contributed by atoms with Gasteiger partial charge in [-0.25, -0.2) is 4.39 Å². The Morgan fingerprint density at radius 2 is 1.89 bits per heavy atom. The van der Waals surface area contributed by atoms with E-state index in [9.17, 15) is 4.39 Å². The maximum Gasteiger partial charge on any atom is 0.137 e. The molecule has 1 saturated carbocycles. The molecule has 1 N–H and O–H groups in total. The summed E-state index contributed by atoms with van der Waals surface area (Å²) in [6.07, 6.45) is 4.77. The summed E-state index contributed by atoms with van der Waals surface area (Å²) in [4.78, 5) is 2.29. The molecule has 1 aromatic carbocycles. The van der Waals surface area contributed by atoms with Crippen molar-refractivity contribution in [2.45, 2.75) is 43.7 Å². The molecule has 3 rings (SSSR count). The molecule has 1 saturated heterocycles. The van der Waals surface area contributed by atoms with Gasteiger partial charge in [0.25, 0.3) is 0 Å². The van der Waals surface area contributed by atoms with E-state index in [1.165, 1.54) is 30.5 Å². The Balaban J connectivity index is 1.76. The zero-order valence-electron chi connectivity index (χ0n) is 11.3. The summed E-state index contributed by atoms with van der Waals surface area (Å²) in [7, 11) is 0. The quantitative estimate of drug-likeness (QED) is 0.905. The van der Waals surface area contributed by atoms with Gasteiger partial charge in [-0.05, 0) is 30.4 Å². The first-order valence-electron chi connectivity index (χ1n) is 7.35. The van der Waals surface area contributed by atoms with Crippen LogP contribution in [0.4, 0.5) is 10.1 Å². The van der Waals surface area contributed by atoms with Gasteiger partial charge in [-0.3, -0.25) is 0 Å². The van der Waals surface area contributed by atoms with Crippen LogP contribution >= 0.6 is 0 Å². The molecule has 1 aliphatic heterocycles. The first-order valence-corrected chi connectivity index (χ1v) is 7.35. The Bertz CT molecular complexity index is 436. The smallest absolute Gasteiger partial charge is 0.137 e. The van der Waals surface area contributed by atoms with Crippen LogP contribution in [0, 0.1) is 0 Å². The van der Waals surface area contributed by atoms with Gasteiger partial charge in [0.1, 0.15) is 5.67 Å². The Morgan fingerprint density at radius 3 is 2.47 bits per heavy atom. The lowest BCUT2D eigenvalue weighted by Gasteiger charge is -2.39. The van der Waals surface area contributed by atoms with E-state index in [1.807, 2.05) is 0 Å². The lowest BCUT2D eigenvalue weighted by molar-refractivity contribution is 0.0481. The highest BCUT2D eigenvalue weighted by Crippen LogP contribution is 2.42. The van der Waals surface area contributed by atoms with Crippen molar-refractivity contribution in [3.63, 3.8) is 0 Å². The van der Waals surface area contributed by atoms with E-state index in [2.05, 4.69) is 29.2 Å². The van der Waals surface area contributed by atoms with Crippen LogP contribution in [-0.2, 0) is 0 Å². The number of para-hydroxylation sites is 1. The number of benzene rings is 1. The summed E-state index contributed by atoms with van der Waals surface area (Å²) >= 11 is 0. The predicted octanol–water partition coefficient (Wildman–Crippen LogP) is 3.25. The van der Waals surface area contributed by atoms with Crippen molar-refractivity contribution in [1.29, 1.82) is 0 Å². The highest BCUT2D eigenvalue weighted by molar-refractivity contribution is 5.56. The van der Waals surface area contributed by atoms with Gasteiger partial charge in [-0.15, -0.1) is 0 Å². The summed E-state index contributed by atoms with van der Waals surface area (Å²) in [5.41, 5.74) is 1.36. The molecule has 1 aliphatic carbocycles. The molecular formula is C16H22FNO. The summed E-state index contributed by atoms with van der Waals surface area (Å²) in [6, 6.07) is 8.56. The molecule has 3 heteroatoms. The minimum absolute atomic E-state index is 0.342. The first kappa shape index (κ1) is 12.9. The molecule has 0 spiro atoms. The molecule has 0 radical (unpaired) electrons. The third-order valence-corrected chi connectivity index (χ3v) is 4.77. The molecule has 0 unspecified atom stereocenters. The van der Waals surface area contributed by atoms with Gasteiger partial charge in [-0.1, -0.05) is 24.6 Å². The van der Waals surface area contributed by atoms with E-state index in [1.54, 1.807) is 0 Å². The van der Waals surface area contributed by atoms with Gasteiger partial charge in [-0.2, -0.15) is 0 Å². The van der Waals surface area contributed by atoms with E-state index >= 15 is 0 Å². The molecule has 19 heavy (non-hydrogen) atoms. The fourth-order valence-electron chi connectivity index (χ4n) is 3.15. The lowest BCUT2D eigenvalue weighted by Crippen LogP contribution is -2.44. The van der Waals surface area contributed by atoms with Gasteiger partial charge in [0.2, 0.25) is 0 Å². The van der Waals surface area contributed by atoms with E-state index < -0.39 is 5.67 Å². The zero-order valence-corrected chi connectivity index (χ0v) is 11.3. The highest BCUT2D eigenvalue weighted by Gasteiger charge is 2.35. The number of piperidine rings is 1. The second-order valence-corrected chi connectivity index (χ2v) is 5.98. The molecule has 0 amide bonds. The molecule has 2 aliphatic rings. The SMILES string of the molecule is OCC1(F)CCN(c2ccccc2C2CCC2)CC1. The fourth-order valence-corrected chi connectivity index (χ4v) is 3.15. The molecule has 1 heterocycles. The zero-order chi connectivity index (χ0) is 13.3. The molecule has 104 valence electrons. The Kier molecular flexibility index (Phi) is 3.48. The lowest BCUT2D eigenvalue weighted by atomic mass is 9.79. The van der Waals surface area contributed by atoms with Crippen LogP contribution in [0.2, 0.25) is 0 Å². The van der Waals surface area contributed by atoms with E-state index in [0.717, 1.165) is 0 Å². The van der Waals surface area contributed by atoms with Gasteiger partial charge in [0.15, 0.2) is 0 Å². The maximum absolute atomic E-state index is 14.1. The number of halogens is 1. The standard InChI is InChI=1S/C16H22FNO/c17-16(12-19)8-10-18(11-9-16)15-7-2-1-6-14(15)13-4-3-5-13/h1-2,6-7,13,19H,3-5,8-12H2. The van der Waals surface area contributed by atoms with Crippen LogP contribution in [0.5, 0.6) is 0 Å². The number of hydrogen-bond acceptors (Lipinski definition) is 2. The number of rotatable bonds is 3. The molecule has 0 aromatic heterocycles. The summed E-state index contributed by atoms with van der Waals surface area (Å²) in [5.74, 6) is 0.700. The Labute approximate surface area is 114 Å². The van der Waals surface area contributed by atoms with E-state index in [-0.39, 0.29) is 6.61 Å². The molecule has 0 atom stereocenters. The van der Waals surface area contributed by atoms with Crippen molar-refractivity contribution in [1.82, 2.24) is 0 Å². The number of nitrogens with zero attached hydrogens (tertiary/aromatic N) is 1. The second-order valence-electron chi connectivity index (χ2n) is 5.98. The summed E-state index contributed by atoms with van der Waals surface area (Å²) in [5, 5.41) is 9.10. The van der Waals surface area contributed by atoms with Gasteiger partial charge in [0, 0.05) is 31.6 Å². The normalized spacial score (nSPS) is 23.2. The van der Waals surface area contributed by atoms with Gasteiger partial charge in [0.05, 0.1) is 6.61 Å². The van der Waals surface area contributed by atoms with Crippen molar-refractivity contribution >= 4 is 5.69 Å². The molecule has 2 nitrogen and oxygen atoms in total. The third kappa shape index (κ3) is 2.48. The van der Waals surface area contributed by atoms with Gasteiger partial charge < -0.3 is 10.0 Å². The number of aliphatic hydroxyl groups excluding tert-OH is 1. The highest BCUT2D eigenvalue weighted by atomic mass is 19.1. The summed E-state index contributed by atoms with van der Waals surface area (Å²) in [6.45, 7) is 1.08. The van der Waals surface area contributed by atoms with Crippen molar-refractivity contribution in [3.8, 4) is 0 Å². The largest absolute Gasteiger partial charge is 0.393 e. The van der Waals surface area contributed by atoms with Gasteiger partial charge >= 0.3 is 0 Å². The minimum atomic E-state index is -1.36. The topological polar surface area (TPSA) is 23.5 Å². The Morgan fingerprint density at radius 1 is 1.21 bits per heavy atom. The fraction of sp³-hybridized carbons (Fsp3) is 0.625. The average molecular weight is 263 g/mol. The van der Waals surface area contributed by atoms with Crippen LogP contribution in [-0.4, -0.2) is 30.5 Å². The first-order chi connectivity index (χ1) is 9.22. The maximum atomic E-state index is 14.1. The molecule has 2 fully saturated rings. The number of anilines is 1. The second kappa shape index (κ2) is 5.12. The minimum Gasteiger partial charge on any atom is -0.393 e. The monoisotopic (exact) mass is 263 g/mol. The van der Waals surface area contributed by atoms with Crippen LogP contribution in [0.1, 0.15) is 43.6 Å². The predicted molar refractivity (Wildman–Crippen MR) is 75.4 cm³/mol. The van der Waals surface area contributed by atoms with Crippen molar-refractivity contribution in [2.24, 2.45) is 0 Å². The average Bonchev–Trinajstić information content (AvgIpc) is 2.39. The van der Waals surface area contributed by atoms with E-state index in [0.29, 0.717) is 31.8 Å². The van der Waals surface area contributed by atoms with Crippen LogP contribution in [0.3, 0.4) is 0 Å². The van der Waals surface area contributed by atoms with Crippen LogP contribution in [0.25, 0.3) is 0 Å². The van der Waals surface area contributed by atoms with Crippen molar-refractivity contribution in [3.05, 3.63) is 29.8 Å². The number of hydrogen-bond donors (Lipinski definition) is 1. The summed E-state index contributed by atoms with van der Waals surface area (Å²) < 4.78 is 14.1. The van der Waals surface area contributed by atoms with Crippen LogP contribution in [0.15, 0.2) is 24.3 Å². The number of alkyl halides is 1. The van der Waals surface area contributed by atoms with E-state index in [4.69, 9.17) is 5.11 Å². The molecule has 1 aromatic rings. The molecular weight excluding hydrogens is 241 g/mol. The van der Waals surface area contributed by atoms with Crippen molar-refractivity contribution in [2.75, 3.05) is 24.6 Å². The van der Waals surface area contributed by atoms with Crippen molar-refractivity contribution < 1.29 is 9.50 Å². The van der Waals surface area contributed by atoms with Crippen LogP contribution < -0.4 is 4.90 Å². The third-order valence-electron chi connectivity index (χ3n) is 4.77. The number of aliphatic hydroxyl groups is 1. The Hall–Kier alpha value is -1.09.